The van der Waals surface area contributed by atoms with E-state index < -0.39 is 5.60 Å². The molecule has 1 aromatic heterocycles. The Hall–Kier alpha value is -0.630. The number of hydrogen-bond acceptors (Lipinski definition) is 4. The third-order valence-electron chi connectivity index (χ3n) is 2.39. The molecular weight excluding hydrogens is 368 g/mol. The summed E-state index contributed by atoms with van der Waals surface area (Å²) < 4.78 is 6.60. The van der Waals surface area contributed by atoms with Gasteiger partial charge in [-0.05, 0) is 52.6 Å². The molecule has 0 atom stereocenters. The van der Waals surface area contributed by atoms with Gasteiger partial charge in [0.25, 0.3) is 0 Å². The van der Waals surface area contributed by atoms with E-state index in [4.69, 9.17) is 4.74 Å². The van der Waals surface area contributed by atoms with Gasteiger partial charge in [-0.2, -0.15) is 4.80 Å². The van der Waals surface area contributed by atoms with Crippen LogP contribution in [0.1, 0.15) is 26.8 Å². The maximum atomic E-state index is 11.7. The SMILES string of the molecule is CC(C)(C)OC(=O)N1CC(n2nc(Br)c(Br)n2)C1. The Morgan fingerprint density at radius 2 is 1.78 bits per heavy atom. The van der Waals surface area contributed by atoms with Crippen LogP contribution in [0.25, 0.3) is 0 Å². The Balaban J connectivity index is 1.89. The van der Waals surface area contributed by atoms with Crippen molar-refractivity contribution in [2.24, 2.45) is 0 Å². The predicted octanol–water partition coefficient (Wildman–Crippen LogP) is 2.59. The van der Waals surface area contributed by atoms with E-state index in [1.807, 2.05) is 20.8 Å². The third kappa shape index (κ3) is 3.03. The summed E-state index contributed by atoms with van der Waals surface area (Å²) in [6, 6.07) is 0.111. The topological polar surface area (TPSA) is 60.2 Å². The average molecular weight is 382 g/mol. The van der Waals surface area contributed by atoms with Crippen LogP contribution in [0.15, 0.2) is 9.21 Å². The van der Waals surface area contributed by atoms with E-state index in [1.54, 1.807) is 9.70 Å². The zero-order valence-electron chi connectivity index (χ0n) is 10.4. The van der Waals surface area contributed by atoms with Crippen LogP contribution in [-0.4, -0.2) is 44.7 Å². The summed E-state index contributed by atoms with van der Waals surface area (Å²) in [7, 11) is 0. The second-order valence-corrected chi connectivity index (χ2v) is 6.64. The van der Waals surface area contributed by atoms with Crippen LogP contribution < -0.4 is 0 Å². The minimum atomic E-state index is -0.460. The van der Waals surface area contributed by atoms with Gasteiger partial charge in [0, 0.05) is 0 Å². The van der Waals surface area contributed by atoms with E-state index in [0.717, 1.165) is 0 Å². The Morgan fingerprint density at radius 1 is 1.28 bits per heavy atom. The van der Waals surface area contributed by atoms with Crippen LogP contribution in [-0.2, 0) is 4.74 Å². The number of hydrogen-bond donors (Lipinski definition) is 0. The van der Waals surface area contributed by atoms with Gasteiger partial charge in [0.05, 0.1) is 13.1 Å². The van der Waals surface area contributed by atoms with Crippen molar-refractivity contribution >= 4 is 38.0 Å². The van der Waals surface area contributed by atoms with E-state index in [2.05, 4.69) is 42.1 Å². The molecule has 2 heterocycles. The van der Waals surface area contributed by atoms with Crippen molar-refractivity contribution in [3.05, 3.63) is 9.21 Å². The summed E-state index contributed by atoms with van der Waals surface area (Å²) in [5.41, 5.74) is -0.460. The number of amides is 1. The van der Waals surface area contributed by atoms with Crippen LogP contribution in [0.5, 0.6) is 0 Å². The third-order valence-corrected chi connectivity index (χ3v) is 3.99. The number of carbonyl (C=O) groups is 1. The lowest BCUT2D eigenvalue weighted by Crippen LogP contribution is -2.52. The first-order chi connectivity index (χ1) is 8.26. The first kappa shape index (κ1) is 13.8. The largest absolute Gasteiger partial charge is 0.444 e. The van der Waals surface area contributed by atoms with Crippen LogP contribution in [0.3, 0.4) is 0 Å². The molecule has 0 radical (unpaired) electrons. The average Bonchev–Trinajstić information content (AvgIpc) is 2.40. The second kappa shape index (κ2) is 4.80. The summed E-state index contributed by atoms with van der Waals surface area (Å²) in [6.45, 7) is 6.70. The molecule has 1 aliphatic rings. The Bertz CT molecular complexity index is 443. The molecule has 0 aliphatic carbocycles. The quantitative estimate of drug-likeness (QED) is 0.750. The van der Waals surface area contributed by atoms with Crippen molar-refractivity contribution in [3.63, 3.8) is 0 Å². The van der Waals surface area contributed by atoms with E-state index in [9.17, 15) is 4.79 Å². The fraction of sp³-hybridized carbons (Fsp3) is 0.700. The van der Waals surface area contributed by atoms with Gasteiger partial charge in [0.1, 0.15) is 11.6 Å². The summed E-state index contributed by atoms with van der Waals surface area (Å²) in [5.74, 6) is 0. The fourth-order valence-corrected chi connectivity index (χ4v) is 2.01. The molecule has 1 amide bonds. The van der Waals surface area contributed by atoms with Crippen LogP contribution in [0.2, 0.25) is 0 Å². The van der Waals surface area contributed by atoms with Gasteiger partial charge in [-0.15, -0.1) is 10.2 Å². The molecule has 2 rings (SSSR count). The Kier molecular flexibility index (Phi) is 3.68. The number of aromatic nitrogens is 3. The minimum Gasteiger partial charge on any atom is -0.444 e. The summed E-state index contributed by atoms with van der Waals surface area (Å²) >= 11 is 6.55. The Labute approximate surface area is 122 Å². The number of ether oxygens (including phenoxy) is 1. The molecule has 1 aliphatic heterocycles. The first-order valence-electron chi connectivity index (χ1n) is 5.52. The fourth-order valence-electron chi connectivity index (χ4n) is 1.53. The molecule has 1 fully saturated rings. The molecule has 0 aromatic carbocycles. The summed E-state index contributed by atoms with van der Waals surface area (Å²) in [5, 5.41) is 8.39. The van der Waals surface area contributed by atoms with Crippen molar-refractivity contribution in [1.29, 1.82) is 0 Å². The van der Waals surface area contributed by atoms with Crippen molar-refractivity contribution < 1.29 is 9.53 Å². The lowest BCUT2D eigenvalue weighted by atomic mass is 10.1. The van der Waals surface area contributed by atoms with Gasteiger partial charge < -0.3 is 9.64 Å². The smallest absolute Gasteiger partial charge is 0.410 e. The van der Waals surface area contributed by atoms with Crippen LogP contribution in [0.4, 0.5) is 4.79 Å². The predicted molar refractivity (Wildman–Crippen MR) is 72.3 cm³/mol. The van der Waals surface area contributed by atoms with Gasteiger partial charge in [-0.25, -0.2) is 4.79 Å². The lowest BCUT2D eigenvalue weighted by molar-refractivity contribution is -0.00230. The minimum absolute atomic E-state index is 0.111. The number of rotatable bonds is 1. The maximum absolute atomic E-state index is 11.7. The lowest BCUT2D eigenvalue weighted by Gasteiger charge is -2.38. The molecule has 100 valence electrons. The molecule has 1 saturated heterocycles. The normalized spacial score (nSPS) is 16.6. The Morgan fingerprint density at radius 3 is 2.22 bits per heavy atom. The van der Waals surface area contributed by atoms with Gasteiger partial charge in [0.15, 0.2) is 9.21 Å². The van der Waals surface area contributed by atoms with E-state index in [-0.39, 0.29) is 12.1 Å². The molecule has 0 saturated carbocycles. The maximum Gasteiger partial charge on any atom is 0.410 e. The molecule has 8 heteroatoms. The first-order valence-corrected chi connectivity index (χ1v) is 7.10. The summed E-state index contributed by atoms with van der Waals surface area (Å²) in [6.07, 6.45) is -0.288. The highest BCUT2D eigenvalue weighted by Gasteiger charge is 2.36. The second-order valence-electron chi connectivity index (χ2n) is 5.14. The molecule has 1 aromatic rings. The number of nitrogens with zero attached hydrogens (tertiary/aromatic N) is 4. The van der Waals surface area contributed by atoms with Crippen molar-refractivity contribution in [2.45, 2.75) is 32.4 Å². The molecule has 18 heavy (non-hydrogen) atoms. The highest BCUT2D eigenvalue weighted by Crippen LogP contribution is 2.25. The number of likely N-dealkylation sites (tertiary alicyclic amines) is 1. The molecular formula is C10H14Br2N4O2. The van der Waals surface area contributed by atoms with Crippen molar-refractivity contribution in [3.8, 4) is 0 Å². The van der Waals surface area contributed by atoms with Crippen molar-refractivity contribution in [2.75, 3.05) is 13.1 Å². The van der Waals surface area contributed by atoms with E-state index in [0.29, 0.717) is 22.3 Å². The zero-order valence-corrected chi connectivity index (χ0v) is 13.5. The number of halogens is 2. The van der Waals surface area contributed by atoms with Crippen molar-refractivity contribution in [1.82, 2.24) is 19.9 Å². The van der Waals surface area contributed by atoms with Gasteiger partial charge in [0.2, 0.25) is 0 Å². The van der Waals surface area contributed by atoms with E-state index in [1.165, 1.54) is 0 Å². The van der Waals surface area contributed by atoms with Crippen LogP contribution in [0, 0.1) is 0 Å². The summed E-state index contributed by atoms with van der Waals surface area (Å²) in [4.78, 5) is 15.0. The van der Waals surface area contributed by atoms with Gasteiger partial charge >= 0.3 is 6.09 Å². The highest BCUT2D eigenvalue weighted by molar-refractivity contribution is 9.13. The molecule has 0 bridgehead atoms. The zero-order chi connectivity index (χ0) is 13.5. The molecule has 0 N–H and O–H groups in total. The van der Waals surface area contributed by atoms with Gasteiger partial charge in [-0.1, -0.05) is 0 Å². The van der Waals surface area contributed by atoms with Gasteiger partial charge in [-0.3, -0.25) is 0 Å². The van der Waals surface area contributed by atoms with Crippen LogP contribution >= 0.6 is 31.9 Å². The molecule has 0 spiro atoms. The number of carbonyl (C=O) groups excluding carboxylic acids is 1. The molecule has 6 nitrogen and oxygen atoms in total. The highest BCUT2D eigenvalue weighted by atomic mass is 79.9. The monoisotopic (exact) mass is 380 g/mol. The molecule has 0 unspecified atom stereocenters. The van der Waals surface area contributed by atoms with E-state index >= 15 is 0 Å². The standard InChI is InChI=1S/C10H14Br2N4O2/c1-10(2,3)18-9(17)15-4-6(5-15)16-13-7(11)8(12)14-16/h6H,4-5H2,1-3H3.